The Balaban J connectivity index is 1.44. The van der Waals surface area contributed by atoms with Gasteiger partial charge in [-0.15, -0.1) is 11.3 Å². The quantitative estimate of drug-likeness (QED) is 0.706. The lowest BCUT2D eigenvalue weighted by Gasteiger charge is -2.35. The van der Waals surface area contributed by atoms with Gasteiger partial charge in [-0.25, -0.2) is 4.98 Å². The molecule has 0 unspecified atom stereocenters. The van der Waals surface area contributed by atoms with Gasteiger partial charge in [-0.3, -0.25) is 4.79 Å². The van der Waals surface area contributed by atoms with Gasteiger partial charge in [0.15, 0.2) is 0 Å². The second-order valence-corrected chi connectivity index (χ2v) is 7.81. The number of carbonyl (C=O) groups excluding carboxylic acids is 1. The van der Waals surface area contributed by atoms with Crippen molar-refractivity contribution in [3.63, 3.8) is 0 Å². The number of piperazine rings is 1. The Bertz CT molecular complexity index is 898. The summed E-state index contributed by atoms with van der Waals surface area (Å²) in [6.07, 6.45) is 3.44. The molecule has 1 aliphatic rings. The molecule has 0 atom stereocenters. The third-order valence-corrected chi connectivity index (χ3v) is 6.20. The minimum atomic E-state index is 0.214. The number of amides is 1. The molecule has 5 heteroatoms. The maximum Gasteiger partial charge on any atom is 0.227 e. The molecule has 1 saturated heterocycles. The molecule has 4 nitrogen and oxygen atoms in total. The Kier molecular flexibility index (Phi) is 4.89. The van der Waals surface area contributed by atoms with E-state index in [2.05, 4.69) is 28.9 Å². The summed E-state index contributed by atoms with van der Waals surface area (Å²) in [6.45, 7) is 5.38. The number of fused-ring (bicyclic) bond motifs is 1. The minimum Gasteiger partial charge on any atom is -0.353 e. The van der Waals surface area contributed by atoms with Crippen molar-refractivity contribution in [3.05, 3.63) is 59.1 Å². The zero-order valence-corrected chi connectivity index (χ0v) is 15.8. The summed E-state index contributed by atoms with van der Waals surface area (Å²) < 4.78 is 1.30. The normalized spacial score (nSPS) is 14.8. The van der Waals surface area contributed by atoms with Crippen LogP contribution in [0, 0.1) is 0 Å². The van der Waals surface area contributed by atoms with E-state index < -0.39 is 0 Å². The molecule has 3 aromatic rings. The van der Waals surface area contributed by atoms with Gasteiger partial charge in [0.25, 0.3) is 0 Å². The van der Waals surface area contributed by atoms with Gasteiger partial charge in [-0.1, -0.05) is 37.3 Å². The molecule has 0 radical (unpaired) electrons. The Labute approximate surface area is 158 Å². The number of pyridine rings is 1. The van der Waals surface area contributed by atoms with Crippen molar-refractivity contribution in [3.8, 4) is 0 Å². The molecular formula is C21H23N3OS. The van der Waals surface area contributed by atoms with Crippen molar-refractivity contribution in [2.24, 2.45) is 0 Å². The minimum absolute atomic E-state index is 0.214. The molecule has 1 aliphatic heterocycles. The largest absolute Gasteiger partial charge is 0.353 e. The van der Waals surface area contributed by atoms with Crippen molar-refractivity contribution < 1.29 is 4.79 Å². The highest BCUT2D eigenvalue weighted by molar-refractivity contribution is 7.19. The van der Waals surface area contributed by atoms with Crippen LogP contribution in [0.5, 0.6) is 0 Å². The number of carbonyl (C=O) groups is 1. The molecule has 0 spiro atoms. The molecule has 1 aromatic carbocycles. The van der Waals surface area contributed by atoms with Crippen LogP contribution in [-0.2, 0) is 17.6 Å². The summed E-state index contributed by atoms with van der Waals surface area (Å²) in [5, 5.41) is 1.25. The lowest BCUT2D eigenvalue weighted by Crippen LogP contribution is -2.49. The number of nitrogens with zero attached hydrogens (tertiary/aromatic N) is 3. The van der Waals surface area contributed by atoms with E-state index in [1.54, 1.807) is 0 Å². The van der Waals surface area contributed by atoms with Crippen LogP contribution in [0.2, 0.25) is 0 Å². The number of benzene rings is 1. The van der Waals surface area contributed by atoms with E-state index in [1.807, 2.05) is 52.8 Å². The topological polar surface area (TPSA) is 36.4 Å². The summed E-state index contributed by atoms with van der Waals surface area (Å²) in [6, 6.07) is 14.4. The van der Waals surface area contributed by atoms with Crippen LogP contribution in [0.4, 0.5) is 5.82 Å². The Hall–Kier alpha value is -2.40. The molecule has 2 aromatic heterocycles. The number of thiophene rings is 1. The molecule has 0 bridgehead atoms. The summed E-state index contributed by atoms with van der Waals surface area (Å²) in [5.41, 5.74) is 1.08. The third kappa shape index (κ3) is 3.44. The van der Waals surface area contributed by atoms with Crippen LogP contribution in [0.25, 0.3) is 10.1 Å². The molecule has 0 N–H and O–H groups in total. The van der Waals surface area contributed by atoms with Crippen LogP contribution in [0.15, 0.2) is 48.7 Å². The van der Waals surface area contributed by atoms with E-state index >= 15 is 0 Å². The molecule has 134 valence electrons. The highest BCUT2D eigenvalue weighted by Crippen LogP contribution is 2.32. The fourth-order valence-corrected chi connectivity index (χ4v) is 4.47. The van der Waals surface area contributed by atoms with Crippen LogP contribution in [0.3, 0.4) is 0 Å². The van der Waals surface area contributed by atoms with Gasteiger partial charge in [0.05, 0.1) is 6.42 Å². The van der Waals surface area contributed by atoms with Crippen molar-refractivity contribution >= 4 is 33.1 Å². The van der Waals surface area contributed by atoms with Gasteiger partial charge >= 0.3 is 0 Å². The Morgan fingerprint density at radius 2 is 1.88 bits per heavy atom. The molecule has 0 aliphatic carbocycles. The number of hydrogen-bond donors (Lipinski definition) is 0. The smallest absolute Gasteiger partial charge is 0.227 e. The lowest BCUT2D eigenvalue weighted by atomic mass is 10.1. The van der Waals surface area contributed by atoms with Gasteiger partial charge in [0.1, 0.15) is 5.82 Å². The number of aromatic nitrogens is 1. The predicted molar refractivity (Wildman–Crippen MR) is 108 cm³/mol. The Morgan fingerprint density at radius 3 is 2.62 bits per heavy atom. The maximum absolute atomic E-state index is 12.6. The first-order valence-electron chi connectivity index (χ1n) is 9.18. The van der Waals surface area contributed by atoms with Crippen LogP contribution >= 0.6 is 11.3 Å². The van der Waals surface area contributed by atoms with E-state index in [4.69, 9.17) is 0 Å². The summed E-state index contributed by atoms with van der Waals surface area (Å²) in [5.74, 6) is 1.28. The Morgan fingerprint density at radius 1 is 1.12 bits per heavy atom. The van der Waals surface area contributed by atoms with Crippen LogP contribution < -0.4 is 4.90 Å². The average molecular weight is 366 g/mol. The van der Waals surface area contributed by atoms with Gasteiger partial charge in [0, 0.05) is 47.3 Å². The van der Waals surface area contributed by atoms with Crippen LogP contribution in [-0.4, -0.2) is 42.0 Å². The predicted octanol–water partition coefficient (Wildman–Crippen LogP) is 3.75. The molecule has 3 heterocycles. The third-order valence-electron chi connectivity index (χ3n) is 4.95. The highest BCUT2D eigenvalue weighted by atomic mass is 32.1. The molecule has 4 rings (SSSR count). The molecule has 0 saturated carbocycles. The van der Waals surface area contributed by atoms with E-state index in [-0.39, 0.29) is 5.91 Å². The van der Waals surface area contributed by atoms with Crippen molar-refractivity contribution in [1.29, 1.82) is 0 Å². The zero-order chi connectivity index (χ0) is 17.9. The lowest BCUT2D eigenvalue weighted by molar-refractivity contribution is -0.130. The SMILES string of the molecule is CCc1cc2c(N3CCN(C(=O)Cc4ccccc4)CC3)nccc2s1. The fourth-order valence-electron chi connectivity index (χ4n) is 3.48. The second kappa shape index (κ2) is 7.46. The van der Waals surface area contributed by atoms with Crippen molar-refractivity contribution in [2.75, 3.05) is 31.1 Å². The van der Waals surface area contributed by atoms with E-state index in [0.717, 1.165) is 44.0 Å². The maximum atomic E-state index is 12.6. The van der Waals surface area contributed by atoms with Crippen molar-refractivity contribution in [2.45, 2.75) is 19.8 Å². The molecule has 1 amide bonds. The molecule has 1 fully saturated rings. The number of rotatable bonds is 4. The summed E-state index contributed by atoms with van der Waals surface area (Å²) >= 11 is 1.85. The monoisotopic (exact) mass is 365 g/mol. The summed E-state index contributed by atoms with van der Waals surface area (Å²) in [7, 11) is 0. The van der Waals surface area contributed by atoms with E-state index in [9.17, 15) is 4.79 Å². The summed E-state index contributed by atoms with van der Waals surface area (Å²) in [4.78, 5) is 22.9. The fraction of sp³-hybridized carbons (Fsp3) is 0.333. The molecule has 26 heavy (non-hydrogen) atoms. The number of anilines is 1. The number of aryl methyl sites for hydroxylation is 1. The van der Waals surface area contributed by atoms with Gasteiger partial charge < -0.3 is 9.80 Å². The first-order valence-corrected chi connectivity index (χ1v) is 10.0. The number of hydrogen-bond acceptors (Lipinski definition) is 4. The second-order valence-electron chi connectivity index (χ2n) is 6.64. The van der Waals surface area contributed by atoms with E-state index in [0.29, 0.717) is 6.42 Å². The first-order chi connectivity index (χ1) is 12.7. The van der Waals surface area contributed by atoms with E-state index in [1.165, 1.54) is 15.0 Å². The van der Waals surface area contributed by atoms with Gasteiger partial charge in [0.2, 0.25) is 5.91 Å². The standard InChI is InChI=1S/C21H23N3OS/c1-2-17-15-18-19(26-17)8-9-22-21(18)24-12-10-23(11-13-24)20(25)14-16-6-4-3-5-7-16/h3-9,15H,2,10-14H2,1H3. The first kappa shape index (κ1) is 17.0. The molecular weight excluding hydrogens is 342 g/mol. The zero-order valence-electron chi connectivity index (χ0n) is 15.0. The highest BCUT2D eigenvalue weighted by Gasteiger charge is 2.23. The van der Waals surface area contributed by atoms with Gasteiger partial charge in [-0.2, -0.15) is 0 Å². The van der Waals surface area contributed by atoms with Gasteiger partial charge in [-0.05, 0) is 24.1 Å². The van der Waals surface area contributed by atoms with Crippen LogP contribution in [0.1, 0.15) is 17.4 Å². The van der Waals surface area contributed by atoms with Crippen molar-refractivity contribution in [1.82, 2.24) is 9.88 Å². The average Bonchev–Trinajstić information content (AvgIpc) is 3.12.